The van der Waals surface area contributed by atoms with Crippen LogP contribution in [0.5, 0.6) is 5.75 Å². The molecule has 1 heterocycles. The molecule has 0 aliphatic heterocycles. The Bertz CT molecular complexity index is 555. The molecule has 1 aromatic heterocycles. The lowest BCUT2D eigenvalue weighted by Gasteiger charge is -2.13. The maximum atomic E-state index is 12.1. The van der Waals surface area contributed by atoms with Crippen molar-refractivity contribution in [3.05, 3.63) is 46.2 Å². The normalized spacial score (nSPS) is 12.0. The van der Waals surface area contributed by atoms with E-state index in [2.05, 4.69) is 10.3 Å². The number of aromatic nitrogens is 1. The van der Waals surface area contributed by atoms with Crippen molar-refractivity contribution in [2.75, 3.05) is 18.8 Å². The zero-order valence-electron chi connectivity index (χ0n) is 11.8. The van der Waals surface area contributed by atoms with E-state index in [0.29, 0.717) is 23.4 Å². The predicted octanol–water partition coefficient (Wildman–Crippen LogP) is 1.84. The summed E-state index contributed by atoms with van der Waals surface area (Å²) in [5.74, 6) is 0.625. The van der Waals surface area contributed by atoms with Crippen LogP contribution in [-0.4, -0.2) is 40.0 Å². The number of nitrogens with zero attached hydrogens (tertiary/aromatic N) is 2. The highest BCUT2D eigenvalue weighted by atomic mass is 32.2. The summed E-state index contributed by atoms with van der Waals surface area (Å²) < 4.78 is 36.3. The molecule has 0 saturated carbocycles. The Balaban J connectivity index is 2.35. The number of thioether (sulfide) groups is 1. The van der Waals surface area contributed by atoms with Gasteiger partial charge >= 0.3 is 6.18 Å². The van der Waals surface area contributed by atoms with Crippen LogP contribution in [0.4, 0.5) is 13.2 Å². The van der Waals surface area contributed by atoms with Gasteiger partial charge in [-0.3, -0.25) is 15.1 Å². The van der Waals surface area contributed by atoms with Gasteiger partial charge in [0.25, 0.3) is 6.20 Å². The molecule has 1 rings (SSSR count). The number of pyridine rings is 1. The second-order valence-electron chi connectivity index (χ2n) is 4.25. The van der Waals surface area contributed by atoms with Crippen LogP contribution in [0.3, 0.4) is 0 Å². The van der Waals surface area contributed by atoms with E-state index >= 15 is 0 Å². The minimum atomic E-state index is -4.47. The van der Waals surface area contributed by atoms with E-state index in [-0.39, 0.29) is 18.1 Å². The monoisotopic (exact) mass is 352 g/mol. The number of aromatic hydroxyl groups is 1. The second-order valence-corrected chi connectivity index (χ2v) is 5.35. The molecule has 0 aliphatic rings. The maximum absolute atomic E-state index is 12.1. The second kappa shape index (κ2) is 9.08. The van der Waals surface area contributed by atoms with E-state index in [0.717, 1.165) is 0 Å². The number of halogens is 3. The molecule has 0 unspecified atom stereocenters. The molecule has 11 heteroatoms. The molecule has 0 saturated heterocycles. The average molecular weight is 352 g/mol. The first-order valence-corrected chi connectivity index (χ1v) is 7.54. The summed E-state index contributed by atoms with van der Waals surface area (Å²) in [5, 5.41) is 24.3. The third-order valence-corrected chi connectivity index (χ3v) is 3.35. The highest BCUT2D eigenvalue weighted by molar-refractivity contribution is 7.98. The lowest BCUT2D eigenvalue weighted by molar-refractivity contribution is -0.404. The molecule has 0 aliphatic carbocycles. The van der Waals surface area contributed by atoms with Crippen molar-refractivity contribution in [3.8, 4) is 5.75 Å². The first-order chi connectivity index (χ1) is 10.8. The number of hydrogen-bond acceptors (Lipinski definition) is 7. The van der Waals surface area contributed by atoms with E-state index in [9.17, 15) is 28.4 Å². The number of rotatable bonds is 9. The maximum Gasteiger partial charge on any atom is 0.405 e. The number of nitro groups is 1. The Morgan fingerprint density at radius 3 is 2.83 bits per heavy atom. The fourth-order valence-corrected chi connectivity index (χ4v) is 2.23. The molecule has 0 fully saturated rings. The van der Waals surface area contributed by atoms with Crippen LogP contribution in [0.25, 0.3) is 0 Å². The predicted molar refractivity (Wildman–Crippen MR) is 79.2 cm³/mol. The van der Waals surface area contributed by atoms with Crippen molar-refractivity contribution in [2.45, 2.75) is 11.9 Å². The Morgan fingerprint density at radius 2 is 2.22 bits per heavy atom. The zero-order valence-corrected chi connectivity index (χ0v) is 12.7. The van der Waals surface area contributed by atoms with Crippen LogP contribution in [0.1, 0.15) is 5.69 Å². The van der Waals surface area contributed by atoms with Gasteiger partial charge in [-0.1, -0.05) is 0 Å². The van der Waals surface area contributed by atoms with Crippen molar-refractivity contribution in [3.63, 3.8) is 0 Å². The average Bonchev–Trinajstić information content (AvgIpc) is 2.44. The molecule has 23 heavy (non-hydrogen) atoms. The summed E-state index contributed by atoms with van der Waals surface area (Å²) in [6, 6.07) is 3.09. The first-order valence-electron chi connectivity index (χ1n) is 6.38. The topological polar surface area (TPSA) is 100 Å². The molecule has 0 aromatic carbocycles. The van der Waals surface area contributed by atoms with E-state index in [1.165, 1.54) is 24.0 Å². The number of alkyl halides is 3. The Labute approximate surface area is 134 Å². The van der Waals surface area contributed by atoms with Crippen LogP contribution >= 0.6 is 11.8 Å². The largest absolute Gasteiger partial charge is 0.506 e. The number of nitrogens with one attached hydrogen (secondary N) is 2. The van der Waals surface area contributed by atoms with E-state index in [4.69, 9.17) is 0 Å². The molecule has 0 bridgehead atoms. The van der Waals surface area contributed by atoms with Crippen molar-refractivity contribution in [2.24, 2.45) is 0 Å². The molecular formula is C12H15F3N4O3S. The van der Waals surface area contributed by atoms with Gasteiger partial charge in [0.15, 0.2) is 5.82 Å². The minimum absolute atomic E-state index is 0.0636. The summed E-state index contributed by atoms with van der Waals surface area (Å²) >= 11 is 1.37. The molecule has 7 nitrogen and oxygen atoms in total. The fourth-order valence-electron chi connectivity index (χ4n) is 1.42. The van der Waals surface area contributed by atoms with Gasteiger partial charge in [0.05, 0.1) is 10.6 Å². The van der Waals surface area contributed by atoms with Gasteiger partial charge in [0.2, 0.25) is 0 Å². The molecule has 0 radical (unpaired) electrons. The van der Waals surface area contributed by atoms with Gasteiger partial charge < -0.3 is 15.7 Å². The lowest BCUT2D eigenvalue weighted by atomic mass is 10.3. The molecule has 0 atom stereocenters. The smallest absolute Gasteiger partial charge is 0.405 e. The van der Waals surface area contributed by atoms with Crippen LogP contribution in [0.2, 0.25) is 0 Å². The van der Waals surface area contributed by atoms with Crippen LogP contribution in [0, 0.1) is 10.1 Å². The van der Waals surface area contributed by atoms with Gasteiger partial charge in [0.1, 0.15) is 12.3 Å². The Hall–Kier alpha value is -2.17. The third kappa shape index (κ3) is 8.76. The highest BCUT2D eigenvalue weighted by Crippen LogP contribution is 2.18. The summed E-state index contributed by atoms with van der Waals surface area (Å²) in [6.07, 6.45) is -2.49. The molecule has 1 aromatic rings. The first kappa shape index (κ1) is 18.9. The molecule has 0 amide bonds. The van der Waals surface area contributed by atoms with E-state index < -0.39 is 17.6 Å². The van der Waals surface area contributed by atoms with Gasteiger partial charge in [-0.2, -0.15) is 24.9 Å². The highest BCUT2D eigenvalue weighted by Gasteiger charge is 2.27. The van der Waals surface area contributed by atoms with Gasteiger partial charge in [-0.25, -0.2) is 0 Å². The molecule has 3 N–H and O–H groups in total. The van der Waals surface area contributed by atoms with E-state index in [1.54, 1.807) is 6.07 Å². The third-order valence-electron chi connectivity index (χ3n) is 2.38. The van der Waals surface area contributed by atoms with Gasteiger partial charge in [0, 0.05) is 24.2 Å². The van der Waals surface area contributed by atoms with Gasteiger partial charge in [-0.05, 0) is 12.1 Å². The molecule has 128 valence electrons. The van der Waals surface area contributed by atoms with Crippen LogP contribution in [0.15, 0.2) is 30.4 Å². The Morgan fingerprint density at radius 1 is 1.48 bits per heavy atom. The summed E-state index contributed by atoms with van der Waals surface area (Å²) in [5.41, 5.74) is 0.494. The summed E-state index contributed by atoms with van der Waals surface area (Å²) in [4.78, 5) is 13.5. The lowest BCUT2D eigenvalue weighted by Crippen LogP contribution is -2.35. The van der Waals surface area contributed by atoms with Crippen molar-refractivity contribution in [1.82, 2.24) is 15.6 Å². The van der Waals surface area contributed by atoms with Crippen LogP contribution < -0.4 is 10.6 Å². The standard InChI is InChI=1S/C12H15F3N4O3S/c13-12(14,15)8-18-11(6-19(21)22)17-4-5-23-7-9-10(20)2-1-3-16-9/h1-3,6,17-18,20H,4-5,7-8H2/b11-6+. The van der Waals surface area contributed by atoms with Crippen molar-refractivity contribution in [1.29, 1.82) is 0 Å². The van der Waals surface area contributed by atoms with Gasteiger partial charge in [-0.15, -0.1) is 0 Å². The summed E-state index contributed by atoms with van der Waals surface area (Å²) in [6.45, 7) is -1.16. The number of hydrogen-bond donors (Lipinski definition) is 3. The quantitative estimate of drug-likeness (QED) is 0.354. The Kier molecular flexibility index (Phi) is 7.45. The van der Waals surface area contributed by atoms with E-state index in [1.807, 2.05) is 5.32 Å². The molecule has 0 spiro atoms. The van der Waals surface area contributed by atoms with Crippen molar-refractivity contribution < 1.29 is 23.2 Å². The SMILES string of the molecule is O=[N+]([O-])/C=C(\NCCSCc1ncccc1O)NCC(F)(F)F. The minimum Gasteiger partial charge on any atom is -0.506 e. The zero-order chi connectivity index (χ0) is 17.3. The van der Waals surface area contributed by atoms with Crippen molar-refractivity contribution >= 4 is 11.8 Å². The summed E-state index contributed by atoms with van der Waals surface area (Å²) in [7, 11) is 0. The fraction of sp³-hybridized carbons (Fsp3) is 0.417. The van der Waals surface area contributed by atoms with Crippen LogP contribution in [-0.2, 0) is 5.75 Å². The molecular weight excluding hydrogens is 337 g/mol.